The van der Waals surface area contributed by atoms with E-state index in [1.165, 1.54) is 17.7 Å². The Hall–Kier alpha value is -0.910. The van der Waals surface area contributed by atoms with E-state index in [0.29, 0.717) is 19.1 Å². The molecule has 4 nitrogen and oxygen atoms in total. The van der Waals surface area contributed by atoms with Crippen LogP contribution in [0, 0.1) is 0 Å². The molecule has 1 aliphatic carbocycles. The Morgan fingerprint density at radius 1 is 1.45 bits per heavy atom. The van der Waals surface area contributed by atoms with E-state index in [1.807, 2.05) is 0 Å². The van der Waals surface area contributed by atoms with Crippen LogP contribution in [-0.4, -0.2) is 42.6 Å². The minimum atomic E-state index is 0.129. The van der Waals surface area contributed by atoms with Crippen molar-refractivity contribution in [3.63, 3.8) is 0 Å². The van der Waals surface area contributed by atoms with Crippen molar-refractivity contribution in [2.45, 2.75) is 44.4 Å². The summed E-state index contributed by atoms with van der Waals surface area (Å²) in [5.74, 6) is 0.129. The van der Waals surface area contributed by atoms with Gasteiger partial charge in [-0.1, -0.05) is 6.07 Å². The predicted molar refractivity (Wildman–Crippen MR) is 79.7 cm³/mol. The van der Waals surface area contributed by atoms with Crippen LogP contribution in [0.2, 0.25) is 0 Å². The molecule has 2 fully saturated rings. The van der Waals surface area contributed by atoms with Crippen LogP contribution in [0.15, 0.2) is 17.5 Å². The van der Waals surface area contributed by atoms with Crippen LogP contribution in [0.5, 0.6) is 0 Å². The van der Waals surface area contributed by atoms with Gasteiger partial charge in [0.1, 0.15) is 0 Å². The summed E-state index contributed by atoms with van der Waals surface area (Å²) in [6.07, 6.45) is 4.87. The third-order valence-corrected chi connectivity index (χ3v) is 4.76. The van der Waals surface area contributed by atoms with Crippen LogP contribution in [0.25, 0.3) is 0 Å². The zero-order valence-electron chi connectivity index (χ0n) is 11.7. The first-order chi connectivity index (χ1) is 9.81. The molecule has 110 valence electrons. The SMILES string of the molecule is O=C(CN(Cc1cccs1)C1CC1)NC[C@@H]1CCCO1. The van der Waals surface area contributed by atoms with E-state index in [4.69, 9.17) is 4.74 Å². The lowest BCUT2D eigenvalue weighted by Gasteiger charge is -2.21. The van der Waals surface area contributed by atoms with Crippen molar-refractivity contribution in [2.24, 2.45) is 0 Å². The molecule has 20 heavy (non-hydrogen) atoms. The van der Waals surface area contributed by atoms with Crippen LogP contribution in [0.4, 0.5) is 0 Å². The standard InChI is InChI=1S/C15H22N2O2S/c18-15(16-9-13-3-1-7-19-13)11-17(12-5-6-12)10-14-4-2-8-20-14/h2,4,8,12-13H,1,3,5-7,9-11H2,(H,16,18)/t13-/m0/s1. The molecular weight excluding hydrogens is 272 g/mol. The zero-order chi connectivity index (χ0) is 13.8. The topological polar surface area (TPSA) is 41.6 Å². The minimum Gasteiger partial charge on any atom is -0.376 e. The van der Waals surface area contributed by atoms with Crippen LogP contribution in [0.3, 0.4) is 0 Å². The van der Waals surface area contributed by atoms with Gasteiger partial charge >= 0.3 is 0 Å². The molecule has 0 bridgehead atoms. The van der Waals surface area contributed by atoms with E-state index in [-0.39, 0.29) is 12.0 Å². The summed E-state index contributed by atoms with van der Waals surface area (Å²) >= 11 is 1.76. The summed E-state index contributed by atoms with van der Waals surface area (Å²) in [6, 6.07) is 4.82. The normalized spacial score (nSPS) is 22.4. The molecule has 1 atom stereocenters. The molecule has 2 heterocycles. The summed E-state index contributed by atoms with van der Waals surface area (Å²) in [6.45, 7) is 2.91. The fourth-order valence-electron chi connectivity index (χ4n) is 2.63. The predicted octanol–water partition coefficient (Wildman–Crippen LogP) is 2.01. The maximum atomic E-state index is 12.1. The van der Waals surface area contributed by atoms with Gasteiger partial charge in [-0.25, -0.2) is 0 Å². The average molecular weight is 294 g/mol. The molecule has 0 aromatic carbocycles. The van der Waals surface area contributed by atoms with Crippen molar-refractivity contribution in [3.05, 3.63) is 22.4 Å². The second-order valence-corrected chi connectivity index (χ2v) is 6.69. The maximum Gasteiger partial charge on any atom is 0.234 e. The van der Waals surface area contributed by atoms with Gasteiger partial charge in [0, 0.05) is 30.6 Å². The molecule has 1 aliphatic heterocycles. The molecule has 2 aliphatic rings. The smallest absolute Gasteiger partial charge is 0.234 e. The van der Waals surface area contributed by atoms with Gasteiger partial charge in [-0.05, 0) is 37.1 Å². The Morgan fingerprint density at radius 3 is 3.00 bits per heavy atom. The van der Waals surface area contributed by atoms with E-state index in [9.17, 15) is 4.79 Å². The number of ether oxygens (including phenoxy) is 1. The van der Waals surface area contributed by atoms with E-state index in [0.717, 1.165) is 26.0 Å². The zero-order valence-corrected chi connectivity index (χ0v) is 12.5. The van der Waals surface area contributed by atoms with Crippen LogP contribution in [-0.2, 0) is 16.1 Å². The summed E-state index contributed by atoms with van der Waals surface area (Å²) in [4.78, 5) is 15.7. The van der Waals surface area contributed by atoms with Gasteiger partial charge in [0.2, 0.25) is 5.91 Å². The van der Waals surface area contributed by atoms with Gasteiger partial charge in [-0.3, -0.25) is 9.69 Å². The summed E-state index contributed by atoms with van der Waals surface area (Å²) in [5, 5.41) is 5.11. The van der Waals surface area contributed by atoms with Crippen molar-refractivity contribution in [2.75, 3.05) is 19.7 Å². The molecule has 1 saturated heterocycles. The fourth-order valence-corrected chi connectivity index (χ4v) is 3.36. The van der Waals surface area contributed by atoms with Crippen molar-refractivity contribution >= 4 is 17.2 Å². The van der Waals surface area contributed by atoms with Crippen molar-refractivity contribution in [3.8, 4) is 0 Å². The highest BCUT2D eigenvalue weighted by Crippen LogP contribution is 2.28. The van der Waals surface area contributed by atoms with Crippen molar-refractivity contribution in [1.82, 2.24) is 10.2 Å². The van der Waals surface area contributed by atoms with Gasteiger partial charge in [0.25, 0.3) is 0 Å². The number of amides is 1. The molecule has 0 radical (unpaired) electrons. The number of rotatable bonds is 7. The quantitative estimate of drug-likeness (QED) is 0.836. The second-order valence-electron chi connectivity index (χ2n) is 5.65. The molecule has 1 amide bonds. The van der Waals surface area contributed by atoms with Gasteiger partial charge < -0.3 is 10.1 Å². The third-order valence-electron chi connectivity index (χ3n) is 3.90. The molecule has 1 aromatic heterocycles. The molecule has 0 spiro atoms. The molecule has 1 N–H and O–H groups in total. The lowest BCUT2D eigenvalue weighted by atomic mass is 10.2. The monoisotopic (exact) mass is 294 g/mol. The number of thiophene rings is 1. The Bertz CT molecular complexity index is 425. The molecule has 0 unspecified atom stereocenters. The molecule has 1 saturated carbocycles. The first kappa shape index (κ1) is 14.0. The number of nitrogens with one attached hydrogen (secondary N) is 1. The largest absolute Gasteiger partial charge is 0.376 e. The Balaban J connectivity index is 1.44. The number of carbonyl (C=O) groups excluding carboxylic acids is 1. The highest BCUT2D eigenvalue weighted by molar-refractivity contribution is 7.09. The van der Waals surface area contributed by atoms with E-state index in [2.05, 4.69) is 27.7 Å². The lowest BCUT2D eigenvalue weighted by Crippen LogP contribution is -2.40. The van der Waals surface area contributed by atoms with Crippen molar-refractivity contribution in [1.29, 1.82) is 0 Å². The van der Waals surface area contributed by atoms with Gasteiger partial charge in [-0.15, -0.1) is 11.3 Å². The second kappa shape index (κ2) is 6.70. The third kappa shape index (κ3) is 4.04. The number of nitrogens with zero attached hydrogens (tertiary/aromatic N) is 1. The number of hydrogen-bond donors (Lipinski definition) is 1. The number of carbonyl (C=O) groups is 1. The number of hydrogen-bond acceptors (Lipinski definition) is 4. The lowest BCUT2D eigenvalue weighted by molar-refractivity contribution is -0.123. The van der Waals surface area contributed by atoms with Crippen LogP contribution >= 0.6 is 11.3 Å². The van der Waals surface area contributed by atoms with Crippen LogP contribution in [0.1, 0.15) is 30.6 Å². The molecule has 5 heteroatoms. The van der Waals surface area contributed by atoms with Crippen molar-refractivity contribution < 1.29 is 9.53 Å². The molecule has 1 aromatic rings. The highest BCUT2D eigenvalue weighted by atomic mass is 32.1. The Morgan fingerprint density at radius 2 is 2.35 bits per heavy atom. The summed E-state index contributed by atoms with van der Waals surface area (Å²) in [5.41, 5.74) is 0. The van der Waals surface area contributed by atoms with Gasteiger partial charge in [-0.2, -0.15) is 0 Å². The first-order valence-corrected chi connectivity index (χ1v) is 8.34. The average Bonchev–Trinajstić information content (AvgIpc) is 2.94. The summed E-state index contributed by atoms with van der Waals surface area (Å²) < 4.78 is 5.53. The fraction of sp³-hybridized carbons (Fsp3) is 0.667. The van der Waals surface area contributed by atoms with E-state index < -0.39 is 0 Å². The van der Waals surface area contributed by atoms with Crippen LogP contribution < -0.4 is 5.32 Å². The van der Waals surface area contributed by atoms with Gasteiger partial charge in [0.05, 0.1) is 12.6 Å². The minimum absolute atomic E-state index is 0.129. The van der Waals surface area contributed by atoms with E-state index >= 15 is 0 Å². The first-order valence-electron chi connectivity index (χ1n) is 7.46. The summed E-state index contributed by atoms with van der Waals surface area (Å²) in [7, 11) is 0. The Labute approximate surface area is 124 Å². The Kier molecular flexibility index (Phi) is 4.70. The molecule has 3 rings (SSSR count). The highest BCUT2D eigenvalue weighted by Gasteiger charge is 2.30. The molecular formula is C15H22N2O2S. The van der Waals surface area contributed by atoms with E-state index in [1.54, 1.807) is 11.3 Å². The maximum absolute atomic E-state index is 12.1. The van der Waals surface area contributed by atoms with Gasteiger partial charge in [0.15, 0.2) is 0 Å².